The number of hydrogen-bond acceptors (Lipinski definition) is 4. The molecule has 31 heavy (non-hydrogen) atoms. The third kappa shape index (κ3) is 5.46. The molecule has 1 heterocycles. The van der Waals surface area contributed by atoms with Crippen molar-refractivity contribution in [2.45, 2.75) is 6.54 Å². The van der Waals surface area contributed by atoms with E-state index in [-0.39, 0.29) is 5.91 Å². The second kappa shape index (κ2) is 10.2. The van der Waals surface area contributed by atoms with E-state index >= 15 is 0 Å². The molecule has 3 aromatic rings. The number of nitriles is 1. The Hall–Kier alpha value is -3.27. The number of amides is 1. The van der Waals surface area contributed by atoms with Gasteiger partial charge in [-0.25, -0.2) is 0 Å². The van der Waals surface area contributed by atoms with E-state index in [9.17, 15) is 10.1 Å². The average Bonchev–Trinajstić information content (AvgIpc) is 3.30. The summed E-state index contributed by atoms with van der Waals surface area (Å²) in [6.45, 7) is 1.59. The van der Waals surface area contributed by atoms with Crippen LogP contribution in [0.4, 0.5) is 0 Å². The molecule has 0 atom stereocenters. The average molecular weight is 437 g/mol. The number of methoxy groups -OCH3 is 1. The number of nitrogens with zero attached hydrogens (tertiary/aromatic N) is 4. The number of carbonyl (C=O) groups excluding carboxylic acids is 1. The van der Waals surface area contributed by atoms with E-state index in [1.165, 1.54) is 0 Å². The first-order chi connectivity index (χ1) is 14.9. The quantitative estimate of drug-likeness (QED) is 0.530. The fourth-order valence-corrected chi connectivity index (χ4v) is 3.54. The highest BCUT2D eigenvalue weighted by Gasteiger charge is 2.22. The lowest BCUT2D eigenvalue weighted by molar-refractivity contribution is 0.0728. The molecule has 0 radical (unpaired) electrons. The van der Waals surface area contributed by atoms with E-state index in [4.69, 9.17) is 16.3 Å². The summed E-state index contributed by atoms with van der Waals surface area (Å²) in [5.41, 5.74) is 2.59. The van der Waals surface area contributed by atoms with E-state index in [0.29, 0.717) is 41.5 Å². The Balaban J connectivity index is 1.96. The normalized spacial score (nSPS) is 10.7. The molecule has 0 aliphatic carbocycles. The zero-order valence-corrected chi connectivity index (χ0v) is 18.6. The number of hydrogen-bond donors (Lipinski definition) is 0. The smallest absolute Gasteiger partial charge is 0.258 e. The number of ether oxygens (including phenoxy) is 1. The lowest BCUT2D eigenvalue weighted by Crippen LogP contribution is -2.36. The highest BCUT2D eigenvalue weighted by atomic mass is 35.5. The first-order valence-electron chi connectivity index (χ1n) is 9.87. The van der Waals surface area contributed by atoms with Gasteiger partial charge in [-0.1, -0.05) is 23.7 Å². The lowest BCUT2D eigenvalue weighted by Gasteiger charge is -2.26. The van der Waals surface area contributed by atoms with Crippen molar-refractivity contribution < 1.29 is 9.53 Å². The third-order valence-electron chi connectivity index (χ3n) is 4.92. The molecule has 160 valence electrons. The maximum atomic E-state index is 13.5. The predicted octanol–water partition coefficient (Wildman–Crippen LogP) is 4.21. The van der Waals surface area contributed by atoms with Crippen LogP contribution in [0, 0.1) is 11.3 Å². The fourth-order valence-electron chi connectivity index (χ4n) is 3.27. The van der Waals surface area contributed by atoms with Crippen LogP contribution in [0.15, 0.2) is 60.9 Å². The van der Waals surface area contributed by atoms with Crippen molar-refractivity contribution in [2.75, 3.05) is 34.3 Å². The van der Waals surface area contributed by atoms with E-state index in [2.05, 4.69) is 6.07 Å². The summed E-state index contributed by atoms with van der Waals surface area (Å²) in [5, 5.41) is 9.65. The van der Waals surface area contributed by atoms with Crippen molar-refractivity contribution in [3.8, 4) is 17.5 Å². The third-order valence-corrected chi connectivity index (χ3v) is 5.22. The molecule has 7 heteroatoms. The maximum absolute atomic E-state index is 13.5. The SMILES string of the molecule is COc1cc(-n2cccc2)c(Cl)cc1C(=O)N(CCN(C)C)Cc1cccc(C#N)c1. The molecular weight excluding hydrogens is 412 g/mol. The first kappa shape index (κ1) is 22.4. The van der Waals surface area contributed by atoms with Crippen LogP contribution in [0.25, 0.3) is 5.69 Å². The van der Waals surface area contributed by atoms with Crippen molar-refractivity contribution in [1.82, 2.24) is 14.4 Å². The standard InChI is InChI=1S/C24H25ClN4O2/c1-27(2)11-12-29(17-19-8-6-7-18(13-19)16-26)24(30)20-14-21(25)22(15-23(20)31-3)28-9-4-5-10-28/h4-10,13-15H,11-12,17H2,1-3H3. The second-order valence-electron chi connectivity index (χ2n) is 7.44. The van der Waals surface area contributed by atoms with Crippen LogP contribution in [0.1, 0.15) is 21.5 Å². The number of benzene rings is 2. The molecular formula is C24H25ClN4O2. The van der Waals surface area contributed by atoms with Crippen LogP contribution in [0.3, 0.4) is 0 Å². The molecule has 3 rings (SSSR count). The molecule has 0 unspecified atom stereocenters. The van der Waals surface area contributed by atoms with Crippen molar-refractivity contribution in [2.24, 2.45) is 0 Å². The van der Waals surface area contributed by atoms with Crippen LogP contribution < -0.4 is 4.74 Å². The van der Waals surface area contributed by atoms with Crippen LogP contribution in [0.5, 0.6) is 5.75 Å². The zero-order chi connectivity index (χ0) is 22.4. The minimum Gasteiger partial charge on any atom is -0.496 e. The lowest BCUT2D eigenvalue weighted by atomic mass is 10.1. The van der Waals surface area contributed by atoms with Gasteiger partial charge in [-0.05, 0) is 50.0 Å². The molecule has 1 amide bonds. The minimum atomic E-state index is -0.179. The van der Waals surface area contributed by atoms with Gasteiger partial charge in [-0.15, -0.1) is 0 Å². The molecule has 2 aromatic carbocycles. The molecule has 0 spiro atoms. The molecule has 1 aromatic heterocycles. The van der Waals surface area contributed by atoms with Gasteiger partial charge < -0.3 is 19.1 Å². The second-order valence-corrected chi connectivity index (χ2v) is 7.84. The molecule has 6 nitrogen and oxygen atoms in total. The number of rotatable bonds is 8. The van der Waals surface area contributed by atoms with Crippen molar-refractivity contribution in [1.29, 1.82) is 5.26 Å². The van der Waals surface area contributed by atoms with Gasteiger partial charge in [0.25, 0.3) is 5.91 Å². The van der Waals surface area contributed by atoms with E-state index in [0.717, 1.165) is 11.3 Å². The summed E-state index contributed by atoms with van der Waals surface area (Å²) in [5.74, 6) is 0.278. The topological polar surface area (TPSA) is 61.5 Å². The highest BCUT2D eigenvalue weighted by molar-refractivity contribution is 6.33. The number of halogens is 1. The largest absolute Gasteiger partial charge is 0.496 e. The Morgan fingerprint density at radius 3 is 2.52 bits per heavy atom. The summed E-state index contributed by atoms with van der Waals surface area (Å²) >= 11 is 6.53. The maximum Gasteiger partial charge on any atom is 0.258 e. The first-order valence-corrected chi connectivity index (χ1v) is 10.2. The van der Waals surface area contributed by atoms with Crippen LogP contribution >= 0.6 is 11.6 Å². The molecule has 0 saturated carbocycles. The molecule has 0 saturated heterocycles. The molecule has 0 aliphatic heterocycles. The summed E-state index contributed by atoms with van der Waals surface area (Å²) in [6, 6.07) is 16.7. The monoisotopic (exact) mass is 436 g/mol. The highest BCUT2D eigenvalue weighted by Crippen LogP contribution is 2.31. The van der Waals surface area contributed by atoms with Crippen LogP contribution in [-0.2, 0) is 6.54 Å². The van der Waals surface area contributed by atoms with E-state index < -0.39 is 0 Å². The van der Waals surface area contributed by atoms with E-state index in [1.807, 2.05) is 60.2 Å². The Morgan fingerprint density at radius 2 is 1.87 bits per heavy atom. The van der Waals surface area contributed by atoms with Gasteiger partial charge in [0.1, 0.15) is 5.75 Å². The van der Waals surface area contributed by atoms with Crippen molar-refractivity contribution in [3.05, 3.63) is 82.6 Å². The van der Waals surface area contributed by atoms with Crippen LogP contribution in [0.2, 0.25) is 5.02 Å². The van der Waals surface area contributed by atoms with Crippen LogP contribution in [-0.4, -0.2) is 54.6 Å². The summed E-state index contributed by atoms with van der Waals surface area (Å²) in [6.07, 6.45) is 3.77. The Kier molecular flexibility index (Phi) is 7.35. The number of carbonyl (C=O) groups is 1. The Labute approximate surface area is 187 Å². The molecule has 0 bridgehead atoms. The Bertz CT molecular complexity index is 1090. The van der Waals surface area contributed by atoms with Gasteiger partial charge in [0, 0.05) is 38.1 Å². The zero-order valence-electron chi connectivity index (χ0n) is 17.9. The number of likely N-dealkylation sites (N-methyl/N-ethyl adjacent to an activating group) is 1. The van der Waals surface area contributed by atoms with Gasteiger partial charge in [0.05, 0.1) is 35.0 Å². The van der Waals surface area contributed by atoms with Crippen molar-refractivity contribution in [3.63, 3.8) is 0 Å². The molecule has 0 N–H and O–H groups in total. The number of aromatic nitrogens is 1. The minimum absolute atomic E-state index is 0.179. The summed E-state index contributed by atoms with van der Waals surface area (Å²) < 4.78 is 7.42. The summed E-state index contributed by atoms with van der Waals surface area (Å²) in [7, 11) is 5.46. The summed E-state index contributed by atoms with van der Waals surface area (Å²) in [4.78, 5) is 17.3. The van der Waals surface area contributed by atoms with Gasteiger partial charge in [-0.3, -0.25) is 4.79 Å². The van der Waals surface area contributed by atoms with E-state index in [1.54, 1.807) is 36.3 Å². The fraction of sp³-hybridized carbons (Fsp3) is 0.250. The molecule has 0 aliphatic rings. The van der Waals surface area contributed by atoms with Gasteiger partial charge in [-0.2, -0.15) is 5.26 Å². The van der Waals surface area contributed by atoms with Crippen molar-refractivity contribution >= 4 is 17.5 Å². The predicted molar refractivity (Wildman–Crippen MR) is 122 cm³/mol. The molecule has 0 fully saturated rings. The Morgan fingerprint density at radius 1 is 1.13 bits per heavy atom. The van der Waals surface area contributed by atoms with Gasteiger partial charge in [0.15, 0.2) is 0 Å². The van der Waals surface area contributed by atoms with Gasteiger partial charge >= 0.3 is 0 Å². The van der Waals surface area contributed by atoms with Gasteiger partial charge in [0.2, 0.25) is 0 Å².